The van der Waals surface area contributed by atoms with E-state index in [1.807, 2.05) is 18.5 Å². The van der Waals surface area contributed by atoms with Gasteiger partial charge in [0, 0.05) is 18.4 Å². The molecule has 0 saturated carbocycles. The second-order valence-corrected chi connectivity index (χ2v) is 4.72. The maximum atomic E-state index is 4.23. The second kappa shape index (κ2) is 5.26. The van der Waals surface area contributed by atoms with Gasteiger partial charge >= 0.3 is 0 Å². The quantitative estimate of drug-likeness (QED) is 0.722. The molecule has 0 aliphatic heterocycles. The lowest BCUT2D eigenvalue weighted by Gasteiger charge is -2.32. The van der Waals surface area contributed by atoms with Gasteiger partial charge in [0.1, 0.15) is 0 Å². The zero-order chi connectivity index (χ0) is 11.4. The van der Waals surface area contributed by atoms with Crippen LogP contribution in [-0.4, -0.2) is 24.0 Å². The van der Waals surface area contributed by atoms with Gasteiger partial charge in [-0.25, -0.2) is 0 Å². The number of hydrogen-bond donors (Lipinski definition) is 0. The van der Waals surface area contributed by atoms with E-state index in [0.29, 0.717) is 12.0 Å². The molecule has 0 spiro atoms. The molecule has 1 aromatic rings. The lowest BCUT2D eigenvalue weighted by molar-refractivity contribution is 0.227. The first-order valence-corrected chi connectivity index (χ1v) is 6.02. The molecule has 0 fully saturated rings. The van der Waals surface area contributed by atoms with Gasteiger partial charge in [-0.15, -0.1) is 0 Å². The van der Waals surface area contributed by atoms with E-state index in [0.717, 1.165) is 0 Å². The Labute approximate surface area is 98.0 Å². The smallest absolute Gasteiger partial charge is 0.0419 e. The van der Waals surface area contributed by atoms with Crippen molar-refractivity contribution < 1.29 is 0 Å². The topological polar surface area (TPSA) is 16.1 Å². The van der Waals surface area contributed by atoms with Crippen LogP contribution in [0, 0.1) is 5.92 Å². The van der Waals surface area contributed by atoms with Crippen LogP contribution < -0.4 is 0 Å². The Balaban J connectivity index is 2.23. The van der Waals surface area contributed by atoms with Crippen LogP contribution in [0.25, 0.3) is 0 Å². The molecule has 0 radical (unpaired) electrons. The number of allylic oxidation sites excluding steroid dienone is 1. The highest BCUT2D eigenvalue weighted by atomic mass is 15.1. The summed E-state index contributed by atoms with van der Waals surface area (Å²) in [6, 6.07) is 4.67. The van der Waals surface area contributed by atoms with Crippen LogP contribution in [0.3, 0.4) is 0 Å². The molecule has 86 valence electrons. The molecule has 1 heterocycles. The van der Waals surface area contributed by atoms with Gasteiger partial charge in [-0.2, -0.15) is 0 Å². The van der Waals surface area contributed by atoms with Crippen LogP contribution in [0.2, 0.25) is 0 Å². The molecule has 2 unspecified atom stereocenters. The number of pyridine rings is 1. The van der Waals surface area contributed by atoms with Crippen LogP contribution in [0.15, 0.2) is 36.7 Å². The maximum absolute atomic E-state index is 4.23. The van der Waals surface area contributed by atoms with Gasteiger partial charge in [-0.1, -0.05) is 18.2 Å². The van der Waals surface area contributed by atoms with E-state index in [1.165, 1.54) is 24.8 Å². The maximum Gasteiger partial charge on any atom is 0.0419 e. The van der Waals surface area contributed by atoms with Crippen LogP contribution in [0.1, 0.15) is 30.9 Å². The minimum absolute atomic E-state index is 0.463. The second-order valence-electron chi connectivity index (χ2n) is 4.72. The van der Waals surface area contributed by atoms with E-state index in [4.69, 9.17) is 0 Å². The Kier molecular flexibility index (Phi) is 3.73. The Bertz CT molecular complexity index is 343. The van der Waals surface area contributed by atoms with Crippen molar-refractivity contribution in [2.45, 2.75) is 25.3 Å². The van der Waals surface area contributed by atoms with E-state index in [-0.39, 0.29) is 0 Å². The fraction of sp³-hybridized carbons (Fsp3) is 0.500. The molecule has 1 aromatic heterocycles. The van der Waals surface area contributed by atoms with Gasteiger partial charge in [0.15, 0.2) is 0 Å². The average molecular weight is 216 g/mol. The van der Waals surface area contributed by atoms with Crippen molar-refractivity contribution >= 4 is 0 Å². The monoisotopic (exact) mass is 216 g/mol. The SMILES string of the molecule is CN(C)C(c1cccnc1)C1C=CCCC1. The Morgan fingerprint density at radius 1 is 1.44 bits per heavy atom. The van der Waals surface area contributed by atoms with E-state index in [1.54, 1.807) is 0 Å². The molecular weight excluding hydrogens is 196 g/mol. The van der Waals surface area contributed by atoms with Crippen LogP contribution in [-0.2, 0) is 0 Å². The number of aromatic nitrogens is 1. The lowest BCUT2D eigenvalue weighted by atomic mass is 9.85. The highest BCUT2D eigenvalue weighted by Crippen LogP contribution is 2.33. The molecule has 2 heteroatoms. The van der Waals surface area contributed by atoms with Gasteiger partial charge in [-0.05, 0) is 50.9 Å². The van der Waals surface area contributed by atoms with E-state index >= 15 is 0 Å². The zero-order valence-electron chi connectivity index (χ0n) is 10.1. The van der Waals surface area contributed by atoms with E-state index < -0.39 is 0 Å². The van der Waals surface area contributed by atoms with Crippen molar-refractivity contribution in [2.24, 2.45) is 5.92 Å². The van der Waals surface area contributed by atoms with Gasteiger partial charge in [0.25, 0.3) is 0 Å². The fourth-order valence-corrected chi connectivity index (χ4v) is 2.58. The highest BCUT2D eigenvalue weighted by molar-refractivity contribution is 5.17. The molecule has 0 amide bonds. The summed E-state index contributed by atoms with van der Waals surface area (Å²) in [6.45, 7) is 0. The fourth-order valence-electron chi connectivity index (χ4n) is 2.58. The molecule has 2 nitrogen and oxygen atoms in total. The Morgan fingerprint density at radius 2 is 2.31 bits per heavy atom. The van der Waals surface area contributed by atoms with Crippen LogP contribution in [0.5, 0.6) is 0 Å². The number of hydrogen-bond acceptors (Lipinski definition) is 2. The largest absolute Gasteiger partial charge is 0.302 e. The number of nitrogens with zero attached hydrogens (tertiary/aromatic N) is 2. The van der Waals surface area contributed by atoms with Crippen molar-refractivity contribution in [1.82, 2.24) is 9.88 Å². The van der Waals surface area contributed by atoms with E-state index in [9.17, 15) is 0 Å². The molecule has 16 heavy (non-hydrogen) atoms. The minimum atomic E-state index is 0.463. The highest BCUT2D eigenvalue weighted by Gasteiger charge is 2.24. The first kappa shape index (κ1) is 11.3. The molecule has 0 aromatic carbocycles. The zero-order valence-corrected chi connectivity index (χ0v) is 10.1. The van der Waals surface area contributed by atoms with Crippen molar-refractivity contribution in [1.29, 1.82) is 0 Å². The predicted octanol–water partition coefficient (Wildman–Crippen LogP) is 3.04. The first-order valence-electron chi connectivity index (χ1n) is 6.02. The minimum Gasteiger partial charge on any atom is -0.302 e. The van der Waals surface area contributed by atoms with E-state index in [2.05, 4.69) is 42.2 Å². The summed E-state index contributed by atoms with van der Waals surface area (Å²) in [4.78, 5) is 6.53. The normalized spacial score (nSPS) is 22.3. The third kappa shape index (κ3) is 2.50. The van der Waals surface area contributed by atoms with Crippen molar-refractivity contribution in [2.75, 3.05) is 14.1 Å². The molecular formula is C14H20N2. The van der Waals surface area contributed by atoms with Gasteiger partial charge in [0.2, 0.25) is 0 Å². The molecule has 1 aliphatic carbocycles. The number of rotatable bonds is 3. The Morgan fingerprint density at radius 3 is 2.88 bits per heavy atom. The Hall–Kier alpha value is -1.15. The average Bonchev–Trinajstić information content (AvgIpc) is 2.31. The standard InChI is InChI=1S/C14H20N2/c1-16(2)14(12-7-4-3-5-8-12)13-9-6-10-15-11-13/h4,6-7,9-12,14H,3,5,8H2,1-2H3. The summed E-state index contributed by atoms with van der Waals surface area (Å²) in [6.07, 6.45) is 12.4. The molecule has 0 bridgehead atoms. The van der Waals surface area contributed by atoms with Crippen molar-refractivity contribution in [3.63, 3.8) is 0 Å². The summed E-state index contributed by atoms with van der Waals surface area (Å²) in [5.41, 5.74) is 1.32. The lowest BCUT2D eigenvalue weighted by Crippen LogP contribution is -2.27. The van der Waals surface area contributed by atoms with Crippen molar-refractivity contribution in [3.05, 3.63) is 42.2 Å². The summed E-state index contributed by atoms with van der Waals surface area (Å²) >= 11 is 0. The van der Waals surface area contributed by atoms with Crippen LogP contribution in [0.4, 0.5) is 0 Å². The summed E-state index contributed by atoms with van der Waals surface area (Å²) in [5.74, 6) is 0.632. The molecule has 0 saturated heterocycles. The predicted molar refractivity (Wildman–Crippen MR) is 67.1 cm³/mol. The summed E-state index contributed by atoms with van der Waals surface area (Å²) < 4.78 is 0. The van der Waals surface area contributed by atoms with Crippen LogP contribution >= 0.6 is 0 Å². The van der Waals surface area contributed by atoms with Gasteiger partial charge < -0.3 is 4.90 Å². The molecule has 2 atom stereocenters. The van der Waals surface area contributed by atoms with Crippen molar-refractivity contribution in [3.8, 4) is 0 Å². The third-order valence-corrected chi connectivity index (χ3v) is 3.28. The molecule has 0 N–H and O–H groups in total. The molecule has 2 rings (SSSR count). The van der Waals surface area contributed by atoms with Gasteiger partial charge in [0.05, 0.1) is 0 Å². The summed E-state index contributed by atoms with van der Waals surface area (Å²) in [5, 5.41) is 0. The molecule has 1 aliphatic rings. The summed E-state index contributed by atoms with van der Waals surface area (Å²) in [7, 11) is 4.31. The van der Waals surface area contributed by atoms with Gasteiger partial charge in [-0.3, -0.25) is 4.98 Å². The first-order chi connectivity index (χ1) is 7.79. The third-order valence-electron chi connectivity index (χ3n) is 3.28.